The molecule has 0 saturated heterocycles. The van der Waals surface area contributed by atoms with E-state index in [1.807, 2.05) is 32.0 Å². The highest BCUT2D eigenvalue weighted by Crippen LogP contribution is 2.20. The van der Waals surface area contributed by atoms with E-state index in [1.54, 1.807) is 12.5 Å². The Morgan fingerprint density at radius 1 is 1.44 bits per heavy atom. The van der Waals surface area contributed by atoms with Gasteiger partial charge in [-0.05, 0) is 37.1 Å². The maximum atomic E-state index is 10.0. The molecule has 3 heteroatoms. The molecule has 0 aromatic carbocycles. The molecule has 0 radical (unpaired) electrons. The first-order valence-corrected chi connectivity index (χ1v) is 5.30. The van der Waals surface area contributed by atoms with E-state index in [0.29, 0.717) is 6.42 Å². The van der Waals surface area contributed by atoms with Gasteiger partial charge in [0.05, 0.1) is 12.0 Å². The monoisotopic (exact) mass is 217 g/mol. The van der Waals surface area contributed by atoms with Gasteiger partial charge < -0.3 is 9.52 Å². The molecular formula is C13H15NO2. The predicted molar refractivity (Wildman–Crippen MR) is 61.1 cm³/mol. The first-order valence-electron chi connectivity index (χ1n) is 5.30. The third-order valence-corrected chi connectivity index (χ3v) is 2.55. The van der Waals surface area contributed by atoms with Gasteiger partial charge >= 0.3 is 0 Å². The Kier molecular flexibility index (Phi) is 3.06. The molecule has 16 heavy (non-hydrogen) atoms. The van der Waals surface area contributed by atoms with Crippen molar-refractivity contribution < 1.29 is 9.52 Å². The lowest BCUT2D eigenvalue weighted by Gasteiger charge is -2.11. The van der Waals surface area contributed by atoms with Crippen molar-refractivity contribution in [1.29, 1.82) is 0 Å². The molecule has 0 aliphatic carbocycles. The van der Waals surface area contributed by atoms with Gasteiger partial charge in [0.1, 0.15) is 11.9 Å². The molecule has 0 fully saturated rings. The summed E-state index contributed by atoms with van der Waals surface area (Å²) in [4.78, 5) is 4.27. The average Bonchev–Trinajstić information content (AvgIpc) is 2.70. The topological polar surface area (TPSA) is 46.3 Å². The third-order valence-electron chi connectivity index (χ3n) is 2.55. The Hall–Kier alpha value is -1.61. The zero-order chi connectivity index (χ0) is 11.5. The fourth-order valence-electron chi connectivity index (χ4n) is 1.79. The number of hydrogen-bond donors (Lipinski definition) is 1. The van der Waals surface area contributed by atoms with Crippen LogP contribution in [0.3, 0.4) is 0 Å². The zero-order valence-corrected chi connectivity index (χ0v) is 9.47. The van der Waals surface area contributed by atoms with Gasteiger partial charge in [0, 0.05) is 12.6 Å². The van der Waals surface area contributed by atoms with Crippen LogP contribution in [0.25, 0.3) is 0 Å². The number of aliphatic hydroxyl groups is 1. The number of aryl methyl sites for hydroxylation is 2. The summed E-state index contributed by atoms with van der Waals surface area (Å²) in [6, 6.07) is 5.69. The second kappa shape index (κ2) is 4.49. The molecule has 0 aliphatic rings. The predicted octanol–water partition coefficient (Wildman–Crippen LogP) is 2.57. The van der Waals surface area contributed by atoms with Crippen molar-refractivity contribution in [2.24, 2.45) is 0 Å². The Morgan fingerprint density at radius 2 is 2.25 bits per heavy atom. The molecule has 2 aromatic heterocycles. The number of hydrogen-bond acceptors (Lipinski definition) is 3. The number of rotatable bonds is 3. The van der Waals surface area contributed by atoms with Crippen molar-refractivity contribution in [2.45, 2.75) is 26.4 Å². The summed E-state index contributed by atoms with van der Waals surface area (Å²) in [7, 11) is 0. The minimum absolute atomic E-state index is 0.462. The van der Waals surface area contributed by atoms with Gasteiger partial charge in [0.25, 0.3) is 0 Å². The van der Waals surface area contributed by atoms with Crippen LogP contribution in [-0.4, -0.2) is 10.1 Å². The molecule has 2 aromatic rings. The molecule has 0 bridgehead atoms. The van der Waals surface area contributed by atoms with E-state index in [1.165, 1.54) is 0 Å². The lowest BCUT2D eigenvalue weighted by molar-refractivity contribution is 0.165. The molecular weight excluding hydrogens is 202 g/mol. The van der Waals surface area contributed by atoms with E-state index >= 15 is 0 Å². The van der Waals surface area contributed by atoms with Crippen molar-refractivity contribution in [3.05, 3.63) is 53.2 Å². The molecule has 1 atom stereocenters. The molecule has 84 valence electrons. The summed E-state index contributed by atoms with van der Waals surface area (Å²) in [5, 5.41) is 10.0. The van der Waals surface area contributed by atoms with E-state index in [-0.39, 0.29) is 0 Å². The summed E-state index contributed by atoms with van der Waals surface area (Å²) in [5.41, 5.74) is 2.84. The highest BCUT2D eigenvalue weighted by Gasteiger charge is 2.14. The van der Waals surface area contributed by atoms with Crippen molar-refractivity contribution >= 4 is 0 Å². The number of aromatic nitrogens is 1. The van der Waals surface area contributed by atoms with Gasteiger partial charge in [-0.1, -0.05) is 6.07 Å². The van der Waals surface area contributed by atoms with Gasteiger partial charge in [-0.2, -0.15) is 0 Å². The van der Waals surface area contributed by atoms with E-state index in [0.717, 1.165) is 22.6 Å². The van der Waals surface area contributed by atoms with Crippen LogP contribution in [0.5, 0.6) is 0 Å². The summed E-state index contributed by atoms with van der Waals surface area (Å²) >= 11 is 0. The van der Waals surface area contributed by atoms with Crippen LogP contribution in [0.1, 0.15) is 28.7 Å². The summed E-state index contributed by atoms with van der Waals surface area (Å²) < 4.78 is 5.20. The lowest BCUT2D eigenvalue weighted by Crippen LogP contribution is -2.06. The van der Waals surface area contributed by atoms with Gasteiger partial charge in [0.2, 0.25) is 0 Å². The number of nitrogens with zero attached hydrogens (tertiary/aromatic N) is 1. The highest BCUT2D eigenvalue weighted by molar-refractivity contribution is 5.25. The van der Waals surface area contributed by atoms with E-state index < -0.39 is 6.10 Å². The zero-order valence-electron chi connectivity index (χ0n) is 9.47. The molecule has 0 amide bonds. The maximum absolute atomic E-state index is 10.0. The van der Waals surface area contributed by atoms with Crippen LogP contribution in [0.4, 0.5) is 0 Å². The second-order valence-corrected chi connectivity index (χ2v) is 4.01. The third kappa shape index (κ3) is 2.31. The van der Waals surface area contributed by atoms with Crippen molar-refractivity contribution in [2.75, 3.05) is 0 Å². The summed E-state index contributed by atoms with van der Waals surface area (Å²) in [5.74, 6) is 0.772. The molecule has 3 nitrogen and oxygen atoms in total. The van der Waals surface area contributed by atoms with Crippen LogP contribution >= 0.6 is 0 Å². The highest BCUT2D eigenvalue weighted by atomic mass is 16.3. The fraction of sp³-hybridized carbons (Fsp3) is 0.308. The van der Waals surface area contributed by atoms with E-state index in [4.69, 9.17) is 4.42 Å². The van der Waals surface area contributed by atoms with Crippen LogP contribution in [0.15, 0.2) is 35.1 Å². The Labute approximate surface area is 94.8 Å². The maximum Gasteiger partial charge on any atom is 0.106 e. The number of aliphatic hydroxyl groups excluding tert-OH is 1. The quantitative estimate of drug-likeness (QED) is 0.859. The number of furan rings is 1. The van der Waals surface area contributed by atoms with Crippen LogP contribution in [0, 0.1) is 13.8 Å². The molecule has 2 heterocycles. The smallest absolute Gasteiger partial charge is 0.106 e. The molecule has 0 saturated carbocycles. The molecule has 0 spiro atoms. The van der Waals surface area contributed by atoms with Crippen molar-refractivity contribution in [1.82, 2.24) is 4.98 Å². The number of pyridine rings is 1. The average molecular weight is 217 g/mol. The van der Waals surface area contributed by atoms with Gasteiger partial charge in [-0.15, -0.1) is 0 Å². The largest absolute Gasteiger partial charge is 0.469 e. The van der Waals surface area contributed by atoms with Crippen LogP contribution < -0.4 is 0 Å². The summed E-state index contributed by atoms with van der Waals surface area (Å²) in [6.07, 6.45) is 3.24. The lowest BCUT2D eigenvalue weighted by atomic mass is 10.1. The van der Waals surface area contributed by atoms with Crippen LogP contribution in [0.2, 0.25) is 0 Å². The normalized spacial score (nSPS) is 12.7. The molecule has 2 rings (SSSR count). The van der Waals surface area contributed by atoms with Gasteiger partial charge in [0.15, 0.2) is 0 Å². The van der Waals surface area contributed by atoms with E-state index in [2.05, 4.69) is 4.98 Å². The molecule has 1 unspecified atom stereocenters. The van der Waals surface area contributed by atoms with E-state index in [9.17, 15) is 5.11 Å². The first-order chi connectivity index (χ1) is 7.66. The molecule has 1 N–H and O–H groups in total. The van der Waals surface area contributed by atoms with Gasteiger partial charge in [-0.3, -0.25) is 4.98 Å². The molecule has 0 aliphatic heterocycles. The van der Waals surface area contributed by atoms with Crippen molar-refractivity contribution in [3.63, 3.8) is 0 Å². The fourth-order valence-corrected chi connectivity index (χ4v) is 1.79. The SMILES string of the molecule is Cc1cnc(C(O)Cc2ccco2)c(C)c1. The summed E-state index contributed by atoms with van der Waals surface area (Å²) in [6.45, 7) is 3.95. The van der Waals surface area contributed by atoms with Crippen LogP contribution in [-0.2, 0) is 6.42 Å². The van der Waals surface area contributed by atoms with Gasteiger partial charge in [-0.25, -0.2) is 0 Å². The first kappa shape index (κ1) is 10.9. The Morgan fingerprint density at radius 3 is 2.88 bits per heavy atom. The van der Waals surface area contributed by atoms with Crippen molar-refractivity contribution in [3.8, 4) is 0 Å². The standard InChI is InChI=1S/C13H15NO2/c1-9-6-10(2)13(14-8-9)12(15)7-11-4-3-5-16-11/h3-6,8,12,15H,7H2,1-2H3. The minimum atomic E-state index is -0.605. The second-order valence-electron chi connectivity index (χ2n) is 4.01. The Bertz CT molecular complexity index is 463. The Balaban J connectivity index is 2.17. The minimum Gasteiger partial charge on any atom is -0.469 e.